The van der Waals surface area contributed by atoms with E-state index in [1.54, 1.807) is 5.57 Å². The van der Waals surface area contributed by atoms with Crippen molar-refractivity contribution < 1.29 is 15.3 Å². The number of hydrogen-bond donors (Lipinski definition) is 3. The normalized spacial score (nSPS) is 38.7. The minimum atomic E-state index is -0.625. The number of fused-ring (bicyclic) bond motifs is 1. The lowest BCUT2D eigenvalue weighted by Crippen LogP contribution is -2.35. The van der Waals surface area contributed by atoms with Gasteiger partial charge in [0.05, 0.1) is 18.3 Å². The number of unbranched alkanes of at least 4 members (excludes halogenated alkanes) is 2. The molecule has 3 heteroatoms. The molecule has 0 aromatic heterocycles. The zero-order valence-corrected chi connectivity index (χ0v) is 22.5. The maximum Gasteiger partial charge on any atom is 0.0811 e. The van der Waals surface area contributed by atoms with Gasteiger partial charge in [-0.1, -0.05) is 76.5 Å². The Balaban J connectivity index is 1.42. The third-order valence-corrected chi connectivity index (χ3v) is 10.3. The van der Waals surface area contributed by atoms with Crippen LogP contribution in [-0.4, -0.2) is 33.6 Å². The number of aliphatic hydroxyl groups excluding tert-OH is 3. The molecule has 0 radical (unpaired) electrons. The molecule has 0 spiro atoms. The molecule has 4 fully saturated rings. The Labute approximate surface area is 214 Å². The predicted octanol–water partition coefficient (Wildman–Crippen LogP) is 7.04. The van der Waals surface area contributed by atoms with Crippen molar-refractivity contribution >= 4 is 0 Å². The maximum absolute atomic E-state index is 11.0. The third-order valence-electron chi connectivity index (χ3n) is 10.3. The molecule has 0 aromatic rings. The van der Waals surface area contributed by atoms with Gasteiger partial charge in [-0.3, -0.25) is 0 Å². The van der Waals surface area contributed by atoms with Gasteiger partial charge in [0.15, 0.2) is 0 Å². The molecule has 0 aromatic carbocycles. The summed E-state index contributed by atoms with van der Waals surface area (Å²) < 4.78 is 0. The Morgan fingerprint density at radius 1 is 1.09 bits per heavy atom. The van der Waals surface area contributed by atoms with Crippen molar-refractivity contribution in [3.8, 4) is 0 Å². The van der Waals surface area contributed by atoms with Crippen molar-refractivity contribution in [1.29, 1.82) is 0 Å². The SMILES string of the molecule is C=C1/C(=C\C=C2/CCC[C@]3(C)[C@@H]([C@H](C)/C=C/[C@H](O)C4(CCCCC)CC4)CC[C@@H]23)C[C@@H](O)C[C@@H]1O. The fourth-order valence-electron chi connectivity index (χ4n) is 7.81. The molecule has 196 valence electrons. The van der Waals surface area contributed by atoms with Crippen molar-refractivity contribution in [3.63, 3.8) is 0 Å². The van der Waals surface area contributed by atoms with E-state index in [0.717, 1.165) is 17.6 Å². The van der Waals surface area contributed by atoms with Gasteiger partial charge in [-0.25, -0.2) is 0 Å². The average Bonchev–Trinajstić information content (AvgIpc) is 3.53. The van der Waals surface area contributed by atoms with Crippen LogP contribution in [0, 0.1) is 28.6 Å². The Hall–Kier alpha value is -1.16. The van der Waals surface area contributed by atoms with Crippen molar-refractivity contribution in [3.05, 3.63) is 47.6 Å². The summed E-state index contributed by atoms with van der Waals surface area (Å²) in [5.74, 6) is 1.73. The van der Waals surface area contributed by atoms with Crippen LogP contribution in [-0.2, 0) is 0 Å². The highest BCUT2D eigenvalue weighted by Crippen LogP contribution is 2.60. The topological polar surface area (TPSA) is 60.7 Å². The van der Waals surface area contributed by atoms with Crippen LogP contribution < -0.4 is 0 Å². The van der Waals surface area contributed by atoms with Crippen molar-refractivity contribution in [2.75, 3.05) is 0 Å². The molecule has 0 aliphatic heterocycles. The Kier molecular flexibility index (Phi) is 8.51. The van der Waals surface area contributed by atoms with Gasteiger partial charge in [-0.2, -0.15) is 0 Å². The molecule has 4 aliphatic carbocycles. The zero-order valence-electron chi connectivity index (χ0n) is 22.5. The van der Waals surface area contributed by atoms with Crippen molar-refractivity contribution in [1.82, 2.24) is 0 Å². The molecule has 0 bridgehead atoms. The van der Waals surface area contributed by atoms with Gasteiger partial charge in [-0.15, -0.1) is 0 Å². The van der Waals surface area contributed by atoms with Gasteiger partial charge < -0.3 is 15.3 Å². The minimum absolute atomic E-state index is 0.173. The first-order valence-electron chi connectivity index (χ1n) is 14.5. The Bertz CT molecular complexity index is 847. The molecule has 35 heavy (non-hydrogen) atoms. The smallest absolute Gasteiger partial charge is 0.0811 e. The first-order valence-corrected chi connectivity index (χ1v) is 14.5. The summed E-state index contributed by atoms with van der Waals surface area (Å²) in [6.07, 6.45) is 22.0. The molecule has 7 atom stereocenters. The van der Waals surface area contributed by atoms with Crippen molar-refractivity contribution in [2.24, 2.45) is 28.6 Å². The summed E-state index contributed by atoms with van der Waals surface area (Å²) in [5, 5.41) is 31.3. The van der Waals surface area contributed by atoms with E-state index in [9.17, 15) is 15.3 Å². The lowest BCUT2D eigenvalue weighted by atomic mass is 9.61. The summed E-state index contributed by atoms with van der Waals surface area (Å²) in [6, 6.07) is 0. The van der Waals surface area contributed by atoms with E-state index in [1.165, 1.54) is 64.2 Å². The molecule has 0 amide bonds. The molecular weight excluding hydrogens is 432 g/mol. The van der Waals surface area contributed by atoms with Crippen LogP contribution in [0.15, 0.2) is 47.6 Å². The fourth-order valence-corrected chi connectivity index (χ4v) is 7.81. The molecule has 0 unspecified atom stereocenters. The second kappa shape index (κ2) is 11.1. The second-order valence-electron chi connectivity index (χ2n) is 12.7. The monoisotopic (exact) mass is 482 g/mol. The molecule has 4 rings (SSSR count). The van der Waals surface area contributed by atoms with E-state index < -0.39 is 12.2 Å². The third kappa shape index (κ3) is 5.73. The first kappa shape index (κ1) is 26.9. The van der Waals surface area contributed by atoms with E-state index in [0.29, 0.717) is 36.0 Å². The van der Waals surface area contributed by atoms with Crippen LogP contribution in [0.1, 0.15) is 104 Å². The van der Waals surface area contributed by atoms with Crippen LogP contribution in [0.4, 0.5) is 0 Å². The molecule has 0 heterocycles. The van der Waals surface area contributed by atoms with Crippen LogP contribution in [0.2, 0.25) is 0 Å². The van der Waals surface area contributed by atoms with Gasteiger partial charge in [0, 0.05) is 6.42 Å². The molecule has 4 aliphatic rings. The van der Waals surface area contributed by atoms with Crippen LogP contribution in [0.5, 0.6) is 0 Å². The zero-order chi connectivity index (χ0) is 25.2. The van der Waals surface area contributed by atoms with Gasteiger partial charge in [0.25, 0.3) is 0 Å². The fraction of sp³-hybridized carbons (Fsp3) is 0.750. The quantitative estimate of drug-likeness (QED) is 0.244. The van der Waals surface area contributed by atoms with Crippen LogP contribution in [0.25, 0.3) is 0 Å². The molecule has 3 N–H and O–H groups in total. The number of rotatable bonds is 9. The van der Waals surface area contributed by atoms with Gasteiger partial charge in [0.1, 0.15) is 0 Å². The highest BCUT2D eigenvalue weighted by molar-refractivity contribution is 5.38. The van der Waals surface area contributed by atoms with E-state index in [1.807, 2.05) is 0 Å². The van der Waals surface area contributed by atoms with Crippen molar-refractivity contribution in [2.45, 2.75) is 123 Å². The highest BCUT2D eigenvalue weighted by Gasteiger charge is 2.51. The predicted molar refractivity (Wildman–Crippen MR) is 145 cm³/mol. The summed E-state index contributed by atoms with van der Waals surface area (Å²) in [4.78, 5) is 0. The summed E-state index contributed by atoms with van der Waals surface area (Å²) in [5.41, 5.74) is 3.80. The minimum Gasteiger partial charge on any atom is -0.393 e. The lowest BCUT2D eigenvalue weighted by molar-refractivity contribution is 0.0862. The summed E-state index contributed by atoms with van der Waals surface area (Å²) in [6.45, 7) is 11.2. The highest BCUT2D eigenvalue weighted by atomic mass is 16.3. The number of hydrogen-bond acceptors (Lipinski definition) is 3. The van der Waals surface area contributed by atoms with Gasteiger partial charge in [0.2, 0.25) is 0 Å². The molecule has 4 saturated carbocycles. The van der Waals surface area contributed by atoms with Crippen LogP contribution in [0.3, 0.4) is 0 Å². The van der Waals surface area contributed by atoms with Crippen LogP contribution >= 0.6 is 0 Å². The molecule has 3 nitrogen and oxygen atoms in total. The Morgan fingerprint density at radius 2 is 1.86 bits per heavy atom. The largest absolute Gasteiger partial charge is 0.393 e. The summed E-state index contributed by atoms with van der Waals surface area (Å²) >= 11 is 0. The first-order chi connectivity index (χ1) is 16.7. The summed E-state index contributed by atoms with van der Waals surface area (Å²) in [7, 11) is 0. The average molecular weight is 483 g/mol. The second-order valence-corrected chi connectivity index (χ2v) is 12.7. The van der Waals surface area contributed by atoms with Gasteiger partial charge in [-0.05, 0) is 97.5 Å². The number of aliphatic hydroxyl groups is 3. The van der Waals surface area contributed by atoms with E-state index in [4.69, 9.17) is 0 Å². The molecule has 0 saturated heterocycles. The lowest BCUT2D eigenvalue weighted by Gasteiger charge is -2.44. The van der Waals surface area contributed by atoms with E-state index in [-0.39, 0.29) is 11.5 Å². The van der Waals surface area contributed by atoms with Gasteiger partial charge >= 0.3 is 0 Å². The Morgan fingerprint density at radius 3 is 2.57 bits per heavy atom. The molecular formula is C32H50O3. The maximum atomic E-state index is 11.0. The van der Waals surface area contributed by atoms with E-state index in [2.05, 4.69) is 51.7 Å². The number of allylic oxidation sites excluding steroid dienone is 4. The standard InChI is InChI=1S/C32H50O3/c1-5-6-7-17-32(18-19-32)30(35)15-10-22(2)27-13-14-28-24(9-8-16-31(27,28)4)11-12-25-20-26(33)21-29(34)23(25)3/h10-12,15,22,26-30,33-35H,3,5-9,13-14,16-21H2,1-2,4H3/b15-10+,24-11+,25-12-/t22-,26-,27-,28+,29+,30+,31-/m1/s1. The van der Waals surface area contributed by atoms with E-state index >= 15 is 0 Å².